The Morgan fingerprint density at radius 2 is 1.70 bits per heavy atom. The van der Waals surface area contributed by atoms with Crippen LogP contribution >= 0.6 is 15.9 Å². The van der Waals surface area contributed by atoms with Gasteiger partial charge in [0.2, 0.25) is 0 Å². The quantitative estimate of drug-likeness (QED) is 0.487. The molecule has 1 heterocycles. The van der Waals surface area contributed by atoms with Crippen LogP contribution in [0.3, 0.4) is 0 Å². The smallest absolute Gasteiger partial charge is 0.274 e. The topological polar surface area (TPSA) is 64.0 Å². The van der Waals surface area contributed by atoms with Crippen LogP contribution in [0.15, 0.2) is 82.1 Å². The number of nitrogens with zero attached hydrogens (tertiary/aromatic N) is 2. The molecule has 0 aliphatic heterocycles. The van der Waals surface area contributed by atoms with Crippen molar-refractivity contribution in [1.82, 2.24) is 15.1 Å². The Morgan fingerprint density at radius 3 is 2.40 bits per heavy atom. The molecule has 0 unspecified atom stereocenters. The van der Waals surface area contributed by atoms with Gasteiger partial charge in [0, 0.05) is 22.5 Å². The summed E-state index contributed by atoms with van der Waals surface area (Å²) >= 11 is 3.26. The molecular weight excluding hydrogens is 449 g/mol. The van der Waals surface area contributed by atoms with Crippen molar-refractivity contribution in [3.63, 3.8) is 0 Å². The van der Waals surface area contributed by atoms with Gasteiger partial charge in [-0.25, -0.2) is 9.07 Å². The van der Waals surface area contributed by atoms with Gasteiger partial charge >= 0.3 is 0 Å². The first-order valence-electron chi connectivity index (χ1n) is 9.22. The van der Waals surface area contributed by atoms with E-state index in [2.05, 4.69) is 26.3 Å². The Hall–Kier alpha value is -3.32. The van der Waals surface area contributed by atoms with Crippen LogP contribution < -0.4 is 10.9 Å². The van der Waals surface area contributed by atoms with Crippen LogP contribution in [0.2, 0.25) is 0 Å². The maximum Gasteiger partial charge on any atom is 0.274 e. The highest BCUT2D eigenvalue weighted by Gasteiger charge is 2.23. The van der Waals surface area contributed by atoms with Crippen molar-refractivity contribution in [1.29, 1.82) is 0 Å². The number of amides is 1. The first kappa shape index (κ1) is 20.0. The molecule has 0 aliphatic carbocycles. The van der Waals surface area contributed by atoms with Crippen LogP contribution in [0, 0.1) is 5.82 Å². The van der Waals surface area contributed by atoms with Gasteiger partial charge in [0.1, 0.15) is 5.82 Å². The minimum absolute atomic E-state index is 0.103. The van der Waals surface area contributed by atoms with E-state index in [1.165, 1.54) is 13.1 Å². The van der Waals surface area contributed by atoms with Crippen LogP contribution in [0.5, 0.6) is 0 Å². The van der Waals surface area contributed by atoms with Gasteiger partial charge in [0.15, 0.2) is 5.69 Å². The molecule has 1 N–H and O–H groups in total. The molecule has 5 nitrogen and oxygen atoms in total. The van der Waals surface area contributed by atoms with Crippen molar-refractivity contribution in [2.75, 3.05) is 0 Å². The maximum absolute atomic E-state index is 14.8. The van der Waals surface area contributed by atoms with Crippen molar-refractivity contribution in [2.45, 2.75) is 6.04 Å². The number of carbonyl (C=O) groups is 1. The van der Waals surface area contributed by atoms with Gasteiger partial charge in [-0.3, -0.25) is 9.59 Å². The highest BCUT2D eigenvalue weighted by Crippen LogP contribution is 2.27. The molecule has 3 aromatic carbocycles. The van der Waals surface area contributed by atoms with E-state index in [0.29, 0.717) is 20.8 Å². The zero-order valence-corrected chi connectivity index (χ0v) is 17.6. The molecule has 0 fully saturated rings. The van der Waals surface area contributed by atoms with Gasteiger partial charge in [-0.05, 0) is 23.8 Å². The fourth-order valence-corrected chi connectivity index (χ4v) is 3.72. The first-order chi connectivity index (χ1) is 14.5. The van der Waals surface area contributed by atoms with Crippen LogP contribution in [0.25, 0.3) is 10.8 Å². The fraction of sp³-hybridized carbons (Fsp3) is 0.0870. The second kappa shape index (κ2) is 8.20. The summed E-state index contributed by atoms with van der Waals surface area (Å²) < 4.78 is 16.5. The second-order valence-electron chi connectivity index (χ2n) is 6.81. The van der Waals surface area contributed by atoms with Crippen LogP contribution in [-0.2, 0) is 7.05 Å². The van der Waals surface area contributed by atoms with E-state index in [4.69, 9.17) is 0 Å². The minimum atomic E-state index is -0.732. The average molecular weight is 466 g/mol. The molecule has 0 bridgehead atoms. The molecule has 1 atom stereocenters. The lowest BCUT2D eigenvalue weighted by Gasteiger charge is -2.21. The third kappa shape index (κ3) is 3.76. The number of nitrogens with one attached hydrogen (secondary N) is 1. The van der Waals surface area contributed by atoms with Gasteiger partial charge in [-0.1, -0.05) is 70.5 Å². The number of hydrogen-bond acceptors (Lipinski definition) is 3. The lowest BCUT2D eigenvalue weighted by molar-refractivity contribution is 0.0937. The summed E-state index contributed by atoms with van der Waals surface area (Å²) in [5.74, 6) is -0.949. The highest BCUT2D eigenvalue weighted by atomic mass is 79.9. The molecule has 1 amide bonds. The van der Waals surface area contributed by atoms with Gasteiger partial charge in [0.05, 0.1) is 11.4 Å². The van der Waals surface area contributed by atoms with Gasteiger partial charge < -0.3 is 5.32 Å². The average Bonchev–Trinajstić information content (AvgIpc) is 2.75. The number of benzene rings is 3. The third-order valence-electron chi connectivity index (χ3n) is 4.85. The van der Waals surface area contributed by atoms with Crippen LogP contribution in [0.1, 0.15) is 27.7 Å². The minimum Gasteiger partial charge on any atom is -0.340 e. The molecule has 4 rings (SSSR count). The van der Waals surface area contributed by atoms with Crippen molar-refractivity contribution < 1.29 is 9.18 Å². The van der Waals surface area contributed by atoms with E-state index in [0.717, 1.165) is 10.2 Å². The number of aromatic nitrogens is 2. The summed E-state index contributed by atoms with van der Waals surface area (Å²) in [7, 11) is 1.49. The van der Waals surface area contributed by atoms with Gasteiger partial charge in [-0.15, -0.1) is 0 Å². The summed E-state index contributed by atoms with van der Waals surface area (Å²) in [6.45, 7) is 0. The summed E-state index contributed by atoms with van der Waals surface area (Å²) in [5, 5.41) is 7.90. The summed E-state index contributed by atoms with van der Waals surface area (Å²) in [5.41, 5.74) is 0.861. The number of hydrogen-bond donors (Lipinski definition) is 1. The third-order valence-corrected chi connectivity index (χ3v) is 5.35. The molecule has 7 heteroatoms. The van der Waals surface area contributed by atoms with Crippen molar-refractivity contribution >= 4 is 32.6 Å². The van der Waals surface area contributed by atoms with Crippen molar-refractivity contribution in [3.05, 3.63) is 110 Å². The Morgan fingerprint density at radius 1 is 1.03 bits per heavy atom. The van der Waals surface area contributed by atoms with E-state index >= 15 is 0 Å². The largest absolute Gasteiger partial charge is 0.340 e. The van der Waals surface area contributed by atoms with Crippen LogP contribution in [-0.4, -0.2) is 15.7 Å². The molecule has 4 aromatic rings. The second-order valence-corrected chi connectivity index (χ2v) is 7.72. The molecule has 0 saturated carbocycles. The highest BCUT2D eigenvalue weighted by molar-refractivity contribution is 9.10. The van der Waals surface area contributed by atoms with E-state index in [9.17, 15) is 14.0 Å². The number of fused-ring (bicyclic) bond motifs is 1. The lowest BCUT2D eigenvalue weighted by Crippen LogP contribution is -2.33. The summed E-state index contributed by atoms with van der Waals surface area (Å²) in [4.78, 5) is 25.6. The van der Waals surface area contributed by atoms with E-state index in [1.807, 2.05) is 30.3 Å². The number of aryl methyl sites for hydroxylation is 1. The molecule has 0 radical (unpaired) electrons. The monoisotopic (exact) mass is 465 g/mol. The summed E-state index contributed by atoms with van der Waals surface area (Å²) in [6, 6.07) is 19.9. The molecule has 0 saturated heterocycles. The Balaban J connectivity index is 1.81. The predicted molar refractivity (Wildman–Crippen MR) is 117 cm³/mol. The van der Waals surface area contributed by atoms with Crippen molar-refractivity contribution in [2.24, 2.45) is 7.05 Å². The zero-order valence-electron chi connectivity index (χ0n) is 16.0. The van der Waals surface area contributed by atoms with E-state index in [1.54, 1.807) is 36.4 Å². The van der Waals surface area contributed by atoms with E-state index in [-0.39, 0.29) is 11.3 Å². The molecule has 0 spiro atoms. The normalized spacial score (nSPS) is 12.0. The molecule has 0 aliphatic rings. The number of halogens is 2. The molecular formula is C23H17BrFN3O2. The zero-order chi connectivity index (χ0) is 21.3. The van der Waals surface area contributed by atoms with Crippen molar-refractivity contribution in [3.8, 4) is 0 Å². The predicted octanol–water partition coefficient (Wildman–Crippen LogP) is 4.35. The standard InChI is InChI=1S/C23H17BrFN3O2/c1-28-23(30)17-10-6-5-9-16(17)21(27-28)22(29)26-20(14-7-3-2-4-8-14)18-12-11-15(24)13-19(18)25/h2-13,20H,1H3,(H,26,29)/t20-/m0/s1. The van der Waals surface area contributed by atoms with Gasteiger partial charge in [0.25, 0.3) is 11.5 Å². The van der Waals surface area contributed by atoms with Crippen LogP contribution in [0.4, 0.5) is 4.39 Å². The number of rotatable bonds is 4. The SMILES string of the molecule is Cn1nc(C(=O)N[C@@H](c2ccccc2)c2ccc(Br)cc2F)c2ccccc2c1=O. The first-order valence-corrected chi connectivity index (χ1v) is 10.0. The summed E-state index contributed by atoms with van der Waals surface area (Å²) in [6.07, 6.45) is 0. The van der Waals surface area contributed by atoms with Gasteiger partial charge in [-0.2, -0.15) is 5.10 Å². The molecule has 30 heavy (non-hydrogen) atoms. The lowest BCUT2D eigenvalue weighted by atomic mass is 9.97. The number of carbonyl (C=O) groups excluding carboxylic acids is 1. The Labute approximate surface area is 180 Å². The molecule has 1 aromatic heterocycles. The molecule has 150 valence electrons. The van der Waals surface area contributed by atoms with E-state index < -0.39 is 17.8 Å². The maximum atomic E-state index is 14.8. The fourth-order valence-electron chi connectivity index (χ4n) is 3.39. The Kier molecular flexibility index (Phi) is 5.46. The Bertz CT molecular complexity index is 1310.